The highest BCUT2D eigenvalue weighted by atomic mass is 16.4. The molecule has 13 heavy (non-hydrogen) atoms. The summed E-state index contributed by atoms with van der Waals surface area (Å²) in [4.78, 5) is 21.4. The number of carboxylic acid groups (broad SMARTS) is 1. The average molecular weight is 190 g/mol. The molecule has 0 saturated carbocycles. The molecule has 0 heterocycles. The van der Waals surface area contributed by atoms with Gasteiger partial charge in [0.05, 0.1) is 12.1 Å². The van der Waals surface area contributed by atoms with Crippen LogP contribution in [0.25, 0.3) is 0 Å². The van der Waals surface area contributed by atoms with Gasteiger partial charge in [-0.3, -0.25) is 4.79 Å². The van der Waals surface area contributed by atoms with Gasteiger partial charge in [-0.25, -0.2) is 4.79 Å². The van der Waals surface area contributed by atoms with E-state index in [1.165, 1.54) is 13.8 Å². The minimum absolute atomic E-state index is 0.603. The predicted molar refractivity (Wildman–Crippen MR) is 44.9 cm³/mol. The summed E-state index contributed by atoms with van der Waals surface area (Å²) >= 11 is 0. The van der Waals surface area contributed by atoms with E-state index in [0.717, 1.165) is 0 Å². The molecule has 5 N–H and O–H groups in total. The van der Waals surface area contributed by atoms with Crippen molar-refractivity contribution < 1.29 is 19.8 Å². The number of nitrogens with two attached hydrogens (primary N) is 1. The van der Waals surface area contributed by atoms with Crippen LogP contribution in [0.2, 0.25) is 0 Å². The summed E-state index contributed by atoms with van der Waals surface area (Å²) in [7, 11) is 0. The third-order valence-corrected chi connectivity index (χ3v) is 1.46. The van der Waals surface area contributed by atoms with Crippen molar-refractivity contribution in [3.05, 3.63) is 0 Å². The summed E-state index contributed by atoms with van der Waals surface area (Å²) in [5, 5.41) is 19.6. The van der Waals surface area contributed by atoms with Crippen molar-refractivity contribution in [2.75, 3.05) is 0 Å². The molecule has 0 spiro atoms. The molecule has 0 radical (unpaired) electrons. The Hall–Kier alpha value is -1.14. The van der Waals surface area contributed by atoms with Crippen molar-refractivity contribution in [1.82, 2.24) is 5.32 Å². The number of aliphatic hydroxyl groups excluding tert-OH is 1. The summed E-state index contributed by atoms with van der Waals surface area (Å²) in [6, 6.07) is -2.10. The Morgan fingerprint density at radius 2 is 1.85 bits per heavy atom. The second-order valence-electron chi connectivity index (χ2n) is 2.85. The normalized spacial score (nSPS) is 17.2. The standard InChI is InChI=1S/C7H14N2O4/c1-3(8)6(11)9-5(4(2)10)7(12)13/h3-5,10H,8H2,1-2H3,(H,9,11)(H,12,13)/t3-,4?,5?/m0/s1. The number of hydrogen-bond donors (Lipinski definition) is 4. The second-order valence-corrected chi connectivity index (χ2v) is 2.85. The van der Waals surface area contributed by atoms with Crippen molar-refractivity contribution in [2.45, 2.75) is 32.0 Å². The number of aliphatic hydroxyl groups is 1. The van der Waals surface area contributed by atoms with Gasteiger partial charge in [0.15, 0.2) is 6.04 Å². The fourth-order valence-electron chi connectivity index (χ4n) is 0.673. The first-order valence-electron chi connectivity index (χ1n) is 3.83. The molecule has 1 amide bonds. The molecule has 0 aliphatic heterocycles. The summed E-state index contributed by atoms with van der Waals surface area (Å²) in [6.07, 6.45) is -1.15. The molecular formula is C7H14N2O4. The maximum Gasteiger partial charge on any atom is 0.328 e. The first kappa shape index (κ1) is 11.9. The van der Waals surface area contributed by atoms with Gasteiger partial charge >= 0.3 is 5.97 Å². The molecule has 2 unspecified atom stereocenters. The molecule has 0 aromatic rings. The van der Waals surface area contributed by atoms with E-state index in [-0.39, 0.29) is 0 Å². The molecule has 0 aliphatic rings. The molecule has 0 bridgehead atoms. The zero-order valence-corrected chi connectivity index (χ0v) is 7.52. The first-order valence-corrected chi connectivity index (χ1v) is 3.83. The van der Waals surface area contributed by atoms with Crippen LogP contribution in [0.4, 0.5) is 0 Å². The molecule has 3 atom stereocenters. The third-order valence-electron chi connectivity index (χ3n) is 1.46. The highest BCUT2D eigenvalue weighted by molar-refractivity contribution is 5.86. The number of hydrogen-bond acceptors (Lipinski definition) is 4. The number of nitrogens with one attached hydrogen (secondary N) is 1. The minimum atomic E-state index is -1.31. The molecule has 76 valence electrons. The predicted octanol–water partition coefficient (Wildman–Crippen LogP) is -1.72. The SMILES string of the molecule is CC(O)C(NC(=O)[C@H](C)N)C(=O)O. The summed E-state index contributed by atoms with van der Waals surface area (Å²) in [6.45, 7) is 2.70. The maximum absolute atomic E-state index is 11.0. The van der Waals surface area contributed by atoms with Crippen molar-refractivity contribution in [3.63, 3.8) is 0 Å². The number of aliphatic carboxylic acids is 1. The van der Waals surface area contributed by atoms with Gasteiger partial charge in [0.1, 0.15) is 0 Å². The zero-order valence-electron chi connectivity index (χ0n) is 7.52. The highest BCUT2D eigenvalue weighted by Gasteiger charge is 2.25. The van der Waals surface area contributed by atoms with Crippen LogP contribution in [0.5, 0.6) is 0 Å². The number of amides is 1. The minimum Gasteiger partial charge on any atom is -0.480 e. The van der Waals surface area contributed by atoms with Gasteiger partial charge in [0, 0.05) is 0 Å². The maximum atomic E-state index is 11.0. The van der Waals surface area contributed by atoms with E-state index in [2.05, 4.69) is 5.32 Å². The van der Waals surface area contributed by atoms with Crippen LogP contribution in [0.3, 0.4) is 0 Å². The lowest BCUT2D eigenvalue weighted by atomic mass is 10.1. The van der Waals surface area contributed by atoms with E-state index in [1.54, 1.807) is 0 Å². The van der Waals surface area contributed by atoms with Gasteiger partial charge in [-0.2, -0.15) is 0 Å². The van der Waals surface area contributed by atoms with Gasteiger partial charge in [0.25, 0.3) is 0 Å². The van der Waals surface area contributed by atoms with Crippen molar-refractivity contribution in [1.29, 1.82) is 0 Å². The number of carbonyl (C=O) groups excluding carboxylic acids is 1. The Kier molecular flexibility index (Phi) is 4.36. The molecule has 0 aromatic carbocycles. The Morgan fingerprint density at radius 1 is 1.38 bits per heavy atom. The van der Waals surface area contributed by atoms with Crippen molar-refractivity contribution in [2.24, 2.45) is 5.73 Å². The van der Waals surface area contributed by atoms with Gasteiger partial charge in [-0.15, -0.1) is 0 Å². The van der Waals surface area contributed by atoms with Crippen LogP contribution >= 0.6 is 0 Å². The summed E-state index contributed by atoms with van der Waals surface area (Å²) in [5.74, 6) is -1.89. The van der Waals surface area contributed by atoms with E-state index in [9.17, 15) is 9.59 Å². The van der Waals surface area contributed by atoms with Crippen molar-refractivity contribution >= 4 is 11.9 Å². The summed E-state index contributed by atoms with van der Waals surface area (Å²) < 4.78 is 0. The molecule has 6 nitrogen and oxygen atoms in total. The Morgan fingerprint density at radius 3 is 2.08 bits per heavy atom. The van der Waals surface area contributed by atoms with E-state index in [0.29, 0.717) is 0 Å². The summed E-state index contributed by atoms with van der Waals surface area (Å²) in [5.41, 5.74) is 5.20. The van der Waals surface area contributed by atoms with E-state index in [4.69, 9.17) is 15.9 Å². The van der Waals surface area contributed by atoms with Crippen LogP contribution in [-0.4, -0.2) is 40.3 Å². The van der Waals surface area contributed by atoms with Crippen LogP contribution in [-0.2, 0) is 9.59 Å². The topological polar surface area (TPSA) is 113 Å². The van der Waals surface area contributed by atoms with Crippen molar-refractivity contribution in [3.8, 4) is 0 Å². The van der Waals surface area contributed by atoms with Crippen LogP contribution in [0.1, 0.15) is 13.8 Å². The second kappa shape index (κ2) is 4.78. The fourth-order valence-corrected chi connectivity index (χ4v) is 0.673. The van der Waals surface area contributed by atoms with Gasteiger partial charge in [0.2, 0.25) is 5.91 Å². The zero-order chi connectivity index (χ0) is 10.6. The van der Waals surface area contributed by atoms with Crippen LogP contribution in [0, 0.1) is 0 Å². The Bertz CT molecular complexity index is 203. The number of carbonyl (C=O) groups is 2. The Labute approximate surface area is 75.7 Å². The van der Waals surface area contributed by atoms with Gasteiger partial charge in [-0.1, -0.05) is 0 Å². The molecule has 0 saturated heterocycles. The first-order chi connectivity index (χ1) is 5.86. The lowest BCUT2D eigenvalue weighted by Crippen LogP contribution is -2.51. The molecule has 0 aromatic heterocycles. The largest absolute Gasteiger partial charge is 0.480 e. The monoisotopic (exact) mass is 190 g/mol. The highest BCUT2D eigenvalue weighted by Crippen LogP contribution is 1.93. The lowest BCUT2D eigenvalue weighted by molar-refractivity contribution is -0.144. The number of rotatable bonds is 4. The third kappa shape index (κ3) is 3.86. The van der Waals surface area contributed by atoms with E-state index >= 15 is 0 Å². The van der Waals surface area contributed by atoms with Gasteiger partial charge in [-0.05, 0) is 13.8 Å². The van der Waals surface area contributed by atoms with Crippen LogP contribution < -0.4 is 11.1 Å². The quantitative estimate of drug-likeness (QED) is 0.421. The molecule has 0 fully saturated rings. The fraction of sp³-hybridized carbons (Fsp3) is 0.714. The van der Waals surface area contributed by atoms with E-state index in [1.807, 2.05) is 0 Å². The molecule has 0 aliphatic carbocycles. The lowest BCUT2D eigenvalue weighted by Gasteiger charge is -2.17. The number of carboxylic acids is 1. The smallest absolute Gasteiger partial charge is 0.328 e. The molecular weight excluding hydrogens is 176 g/mol. The Balaban J connectivity index is 4.27. The van der Waals surface area contributed by atoms with Crippen LogP contribution in [0.15, 0.2) is 0 Å². The average Bonchev–Trinajstić information content (AvgIpc) is 1.97. The van der Waals surface area contributed by atoms with Gasteiger partial charge < -0.3 is 21.3 Å². The van der Waals surface area contributed by atoms with E-state index < -0.39 is 30.1 Å². The molecule has 0 rings (SSSR count). The molecule has 6 heteroatoms.